The molecular formula is C21H19F2NO4. The molecule has 28 heavy (non-hydrogen) atoms. The molecule has 5 nitrogen and oxygen atoms in total. The van der Waals surface area contributed by atoms with Crippen LogP contribution >= 0.6 is 0 Å². The van der Waals surface area contributed by atoms with E-state index in [4.69, 9.17) is 14.7 Å². The van der Waals surface area contributed by atoms with E-state index in [0.717, 1.165) is 37.8 Å². The lowest BCUT2D eigenvalue weighted by atomic mass is 10.1. The molecule has 0 amide bonds. The Morgan fingerprint density at radius 2 is 1.68 bits per heavy atom. The van der Waals surface area contributed by atoms with Crippen molar-refractivity contribution in [2.75, 3.05) is 0 Å². The fraction of sp³-hybridized carbons (Fsp3) is 0.286. The third kappa shape index (κ3) is 5.61. The summed E-state index contributed by atoms with van der Waals surface area (Å²) in [4.78, 5) is 23.8. The summed E-state index contributed by atoms with van der Waals surface area (Å²) in [6, 6.07) is 9.03. The minimum Gasteiger partial charge on any atom is -0.427 e. The molecule has 2 aromatic rings. The highest BCUT2D eigenvalue weighted by molar-refractivity contribution is 5.91. The summed E-state index contributed by atoms with van der Waals surface area (Å²) >= 11 is 0. The van der Waals surface area contributed by atoms with Crippen LogP contribution in [0.5, 0.6) is 11.5 Å². The maximum Gasteiger partial charge on any atom is 0.343 e. The summed E-state index contributed by atoms with van der Waals surface area (Å²) < 4.78 is 37.4. The number of nitrogens with zero attached hydrogens (tertiary/aromatic N) is 1. The first kappa shape index (κ1) is 21.0. The molecule has 0 heterocycles. The highest BCUT2D eigenvalue weighted by Gasteiger charge is 2.18. The molecule has 0 saturated carbocycles. The molecule has 0 aliphatic heterocycles. The maximum atomic E-state index is 13.8. The van der Waals surface area contributed by atoms with Crippen LogP contribution in [0.1, 0.15) is 54.9 Å². The zero-order valence-electron chi connectivity index (χ0n) is 15.3. The van der Waals surface area contributed by atoms with Gasteiger partial charge in [-0.3, -0.25) is 4.79 Å². The quantitative estimate of drug-likeness (QED) is 0.365. The van der Waals surface area contributed by atoms with Crippen LogP contribution < -0.4 is 9.47 Å². The van der Waals surface area contributed by atoms with E-state index in [1.54, 1.807) is 0 Å². The Morgan fingerprint density at radius 1 is 0.964 bits per heavy atom. The predicted octanol–water partition coefficient (Wildman–Crippen LogP) is 4.93. The Morgan fingerprint density at radius 3 is 2.32 bits per heavy atom. The lowest BCUT2D eigenvalue weighted by molar-refractivity contribution is -0.134. The van der Waals surface area contributed by atoms with Crippen molar-refractivity contribution in [2.45, 2.75) is 39.0 Å². The van der Waals surface area contributed by atoms with Crippen LogP contribution in [0.2, 0.25) is 0 Å². The first-order valence-corrected chi connectivity index (χ1v) is 8.87. The Labute approximate surface area is 161 Å². The van der Waals surface area contributed by atoms with Crippen molar-refractivity contribution in [3.8, 4) is 17.6 Å². The van der Waals surface area contributed by atoms with Crippen LogP contribution in [-0.4, -0.2) is 11.9 Å². The van der Waals surface area contributed by atoms with Crippen LogP contribution in [-0.2, 0) is 4.79 Å². The lowest BCUT2D eigenvalue weighted by Gasteiger charge is -2.08. The van der Waals surface area contributed by atoms with Crippen molar-refractivity contribution in [3.05, 3.63) is 59.2 Å². The molecule has 2 rings (SSSR count). The molecule has 0 spiro atoms. The van der Waals surface area contributed by atoms with Gasteiger partial charge in [0, 0.05) is 6.42 Å². The zero-order valence-corrected chi connectivity index (χ0v) is 15.3. The van der Waals surface area contributed by atoms with E-state index in [1.807, 2.05) is 0 Å². The van der Waals surface area contributed by atoms with Crippen LogP contribution in [0.15, 0.2) is 36.4 Å². The summed E-state index contributed by atoms with van der Waals surface area (Å²) in [5.74, 6) is -4.42. The second-order valence-electron chi connectivity index (χ2n) is 6.05. The van der Waals surface area contributed by atoms with Gasteiger partial charge in [-0.2, -0.15) is 9.65 Å². The SMILES string of the molecule is CCCCCCC(=O)Oc1ccc(C(=O)Oc2ccc(C#N)c(F)c2F)cc1. The highest BCUT2D eigenvalue weighted by Crippen LogP contribution is 2.23. The normalized spacial score (nSPS) is 10.2. The summed E-state index contributed by atoms with van der Waals surface area (Å²) in [7, 11) is 0. The van der Waals surface area contributed by atoms with Gasteiger partial charge >= 0.3 is 11.9 Å². The molecule has 146 valence electrons. The molecule has 0 radical (unpaired) electrons. The molecule has 0 N–H and O–H groups in total. The number of hydrogen-bond donors (Lipinski definition) is 0. The topological polar surface area (TPSA) is 76.4 Å². The summed E-state index contributed by atoms with van der Waals surface area (Å²) in [6.45, 7) is 2.08. The molecule has 0 fully saturated rings. The van der Waals surface area contributed by atoms with Gasteiger partial charge in [0.15, 0.2) is 11.6 Å². The highest BCUT2D eigenvalue weighted by atomic mass is 19.2. The van der Waals surface area contributed by atoms with Crippen molar-refractivity contribution in [1.82, 2.24) is 0 Å². The molecule has 0 unspecified atom stereocenters. The minimum absolute atomic E-state index is 0.0620. The third-order valence-corrected chi connectivity index (χ3v) is 3.93. The van der Waals surface area contributed by atoms with E-state index in [9.17, 15) is 18.4 Å². The predicted molar refractivity (Wildman–Crippen MR) is 96.9 cm³/mol. The number of esters is 2. The molecule has 0 aliphatic carbocycles. The fourth-order valence-electron chi connectivity index (χ4n) is 2.39. The van der Waals surface area contributed by atoms with Crippen LogP contribution in [0.25, 0.3) is 0 Å². The Balaban J connectivity index is 1.96. The second kappa shape index (κ2) is 10.2. The van der Waals surface area contributed by atoms with Gasteiger partial charge in [-0.15, -0.1) is 0 Å². The smallest absolute Gasteiger partial charge is 0.343 e. The first-order valence-electron chi connectivity index (χ1n) is 8.87. The number of benzene rings is 2. The van der Waals surface area contributed by atoms with E-state index in [1.165, 1.54) is 30.3 Å². The number of rotatable bonds is 8. The average Bonchev–Trinajstić information content (AvgIpc) is 2.69. The molecule has 0 atom stereocenters. The number of carbonyl (C=O) groups excluding carboxylic acids is 2. The van der Waals surface area contributed by atoms with E-state index in [-0.39, 0.29) is 17.3 Å². The van der Waals surface area contributed by atoms with E-state index in [2.05, 4.69) is 6.92 Å². The average molecular weight is 387 g/mol. The monoisotopic (exact) mass is 387 g/mol. The minimum atomic E-state index is -1.42. The van der Waals surface area contributed by atoms with Gasteiger partial charge in [0.05, 0.1) is 11.1 Å². The molecule has 2 aromatic carbocycles. The van der Waals surface area contributed by atoms with E-state index in [0.29, 0.717) is 6.42 Å². The second-order valence-corrected chi connectivity index (χ2v) is 6.05. The summed E-state index contributed by atoms with van der Waals surface area (Å²) in [5, 5.41) is 8.65. The van der Waals surface area contributed by atoms with Crippen LogP contribution in [0.3, 0.4) is 0 Å². The van der Waals surface area contributed by atoms with Crippen molar-refractivity contribution >= 4 is 11.9 Å². The standard InChI is InChI=1S/C21H19F2NO4/c1-2-3-4-5-6-18(25)27-16-10-7-14(8-11-16)21(26)28-17-12-9-15(13-24)19(22)20(17)23/h7-12H,2-6H2,1H3. The van der Waals surface area contributed by atoms with Crippen LogP contribution in [0.4, 0.5) is 8.78 Å². The summed E-state index contributed by atoms with van der Waals surface area (Å²) in [6.07, 6.45) is 4.17. The number of carbonyl (C=O) groups is 2. The van der Waals surface area contributed by atoms with Crippen molar-refractivity contribution in [3.63, 3.8) is 0 Å². The van der Waals surface area contributed by atoms with Gasteiger partial charge in [0.25, 0.3) is 0 Å². The van der Waals surface area contributed by atoms with Gasteiger partial charge in [0.1, 0.15) is 11.8 Å². The molecule has 7 heteroatoms. The van der Waals surface area contributed by atoms with Gasteiger partial charge in [-0.25, -0.2) is 9.18 Å². The maximum absolute atomic E-state index is 13.8. The summed E-state index contributed by atoms with van der Waals surface area (Å²) in [5.41, 5.74) is -0.426. The van der Waals surface area contributed by atoms with Crippen molar-refractivity contribution in [1.29, 1.82) is 5.26 Å². The van der Waals surface area contributed by atoms with Gasteiger partial charge < -0.3 is 9.47 Å². The van der Waals surface area contributed by atoms with Gasteiger partial charge in [-0.05, 0) is 42.8 Å². The number of ether oxygens (including phenoxy) is 2. The van der Waals surface area contributed by atoms with Crippen molar-refractivity contribution < 1.29 is 27.8 Å². The Bertz CT molecular complexity index is 889. The van der Waals surface area contributed by atoms with Crippen molar-refractivity contribution in [2.24, 2.45) is 0 Å². The molecule has 0 aromatic heterocycles. The van der Waals surface area contributed by atoms with E-state index >= 15 is 0 Å². The number of halogens is 2. The first-order chi connectivity index (χ1) is 13.5. The largest absolute Gasteiger partial charge is 0.427 e. The molecule has 0 aliphatic rings. The number of nitriles is 1. The molecular weight excluding hydrogens is 368 g/mol. The Hall–Kier alpha value is -3.27. The number of hydrogen-bond acceptors (Lipinski definition) is 5. The Kier molecular flexibility index (Phi) is 7.64. The van der Waals surface area contributed by atoms with Gasteiger partial charge in [-0.1, -0.05) is 26.2 Å². The third-order valence-electron chi connectivity index (χ3n) is 3.93. The lowest BCUT2D eigenvalue weighted by Crippen LogP contribution is -2.11. The van der Waals surface area contributed by atoms with Crippen LogP contribution in [0, 0.1) is 23.0 Å². The zero-order chi connectivity index (χ0) is 20.5. The molecule has 0 bridgehead atoms. The molecule has 0 saturated heterocycles. The van der Waals surface area contributed by atoms with Gasteiger partial charge in [0.2, 0.25) is 5.82 Å². The number of unbranched alkanes of at least 4 members (excludes halogenated alkanes) is 3. The van der Waals surface area contributed by atoms with E-state index < -0.39 is 28.9 Å². The fourth-order valence-corrected chi connectivity index (χ4v) is 2.39.